The summed E-state index contributed by atoms with van der Waals surface area (Å²) >= 11 is 6.70. The number of benzene rings is 1. The third-order valence-corrected chi connectivity index (χ3v) is 4.05. The van der Waals surface area contributed by atoms with Crippen LogP contribution in [0.15, 0.2) is 24.3 Å². The first-order valence-electron chi connectivity index (χ1n) is 5.43. The lowest BCUT2D eigenvalue weighted by atomic mass is 9.82. The van der Waals surface area contributed by atoms with Crippen LogP contribution in [0, 0.1) is 14.9 Å². The van der Waals surface area contributed by atoms with E-state index >= 15 is 0 Å². The van der Waals surface area contributed by atoms with Crippen LogP contribution >= 0.6 is 35.2 Å². The number of hydrogen-bond donors (Lipinski definition) is 1. The molecule has 1 aromatic rings. The summed E-state index contributed by atoms with van der Waals surface area (Å²) in [5.74, 6) is 2.29. The maximum Gasteiger partial charge on any atom is 0.132 e. The van der Waals surface area contributed by atoms with Gasteiger partial charge in [0.15, 0.2) is 0 Å². The molecule has 1 unspecified atom stereocenters. The van der Waals surface area contributed by atoms with Gasteiger partial charge in [-0.05, 0) is 45.9 Å². The summed E-state index contributed by atoms with van der Waals surface area (Å²) in [5.41, 5.74) is 0.238. The van der Waals surface area contributed by atoms with E-state index in [1.54, 1.807) is 0 Å². The van der Waals surface area contributed by atoms with Crippen molar-refractivity contribution in [3.8, 4) is 5.75 Å². The first kappa shape index (κ1) is 14.2. The fourth-order valence-corrected chi connectivity index (χ4v) is 2.52. The molecule has 0 amide bonds. The Hall–Kier alpha value is 0.100. The van der Waals surface area contributed by atoms with Crippen molar-refractivity contribution in [3.05, 3.63) is 27.8 Å². The highest BCUT2D eigenvalue weighted by molar-refractivity contribution is 14.1. The molecule has 0 fully saturated rings. The third-order valence-electron chi connectivity index (χ3n) is 2.72. The summed E-state index contributed by atoms with van der Waals surface area (Å²) in [6.07, 6.45) is 0. The Morgan fingerprint density at radius 3 is 2.44 bits per heavy atom. The summed E-state index contributed by atoms with van der Waals surface area (Å²) < 4.78 is 7.02. The lowest BCUT2D eigenvalue weighted by Gasteiger charge is -2.29. The van der Waals surface area contributed by atoms with E-state index < -0.39 is 0 Å². The Labute approximate surface area is 118 Å². The highest BCUT2D eigenvalue weighted by Crippen LogP contribution is 2.28. The number of thiol groups is 1. The van der Waals surface area contributed by atoms with Crippen LogP contribution in [-0.2, 0) is 0 Å². The van der Waals surface area contributed by atoms with Crippen molar-refractivity contribution in [2.24, 2.45) is 11.3 Å². The van der Waals surface area contributed by atoms with E-state index in [0.29, 0.717) is 5.92 Å². The normalized spacial score (nSPS) is 13.6. The largest absolute Gasteiger partial charge is 0.492 e. The Morgan fingerprint density at radius 2 is 1.94 bits per heavy atom. The van der Waals surface area contributed by atoms with E-state index in [9.17, 15) is 0 Å². The quantitative estimate of drug-likeness (QED) is 0.631. The second-order valence-corrected chi connectivity index (χ2v) is 6.51. The van der Waals surface area contributed by atoms with Gasteiger partial charge in [-0.2, -0.15) is 12.6 Å². The van der Waals surface area contributed by atoms with Gasteiger partial charge in [-0.1, -0.05) is 32.9 Å². The first-order valence-corrected chi connectivity index (χ1v) is 7.14. The molecule has 0 spiro atoms. The molecule has 0 heterocycles. The number of rotatable bonds is 4. The van der Waals surface area contributed by atoms with Crippen molar-refractivity contribution in [1.82, 2.24) is 0 Å². The fourth-order valence-electron chi connectivity index (χ4n) is 1.33. The van der Waals surface area contributed by atoms with Crippen molar-refractivity contribution >= 4 is 35.2 Å². The lowest BCUT2D eigenvalue weighted by Crippen LogP contribution is -2.28. The Morgan fingerprint density at radius 1 is 1.31 bits per heavy atom. The Bertz CT molecular complexity index is 333. The number of hydrogen-bond acceptors (Lipinski definition) is 2. The highest BCUT2D eigenvalue weighted by atomic mass is 127. The predicted molar refractivity (Wildman–Crippen MR) is 81.5 cm³/mol. The molecule has 3 heteroatoms. The van der Waals surface area contributed by atoms with Gasteiger partial charge in [0, 0.05) is 5.92 Å². The minimum Gasteiger partial charge on any atom is -0.492 e. The van der Waals surface area contributed by atoms with Gasteiger partial charge in [0.25, 0.3) is 0 Å². The van der Waals surface area contributed by atoms with Crippen molar-refractivity contribution < 1.29 is 4.74 Å². The molecule has 0 bridgehead atoms. The molecule has 1 nitrogen and oxygen atoms in total. The standard InChI is InChI=1S/C13H19IOS/c1-13(2,3)10(9-16)8-15-12-7-5-4-6-11(12)14/h4-7,10,16H,8-9H2,1-3H3. The Kier molecular flexibility index (Phi) is 5.44. The van der Waals surface area contributed by atoms with E-state index in [1.165, 1.54) is 0 Å². The maximum absolute atomic E-state index is 5.86. The minimum atomic E-state index is 0.238. The van der Waals surface area contributed by atoms with Crippen LogP contribution in [-0.4, -0.2) is 12.4 Å². The molecule has 0 aliphatic carbocycles. The van der Waals surface area contributed by atoms with Crippen LogP contribution in [0.4, 0.5) is 0 Å². The van der Waals surface area contributed by atoms with Crippen LogP contribution < -0.4 is 4.74 Å². The van der Waals surface area contributed by atoms with Gasteiger partial charge >= 0.3 is 0 Å². The number of ether oxygens (including phenoxy) is 1. The van der Waals surface area contributed by atoms with Crippen molar-refractivity contribution in [1.29, 1.82) is 0 Å². The van der Waals surface area contributed by atoms with E-state index in [2.05, 4.69) is 62.1 Å². The summed E-state index contributed by atoms with van der Waals surface area (Å²) in [7, 11) is 0. The second-order valence-electron chi connectivity index (χ2n) is 4.99. The van der Waals surface area contributed by atoms with E-state index in [-0.39, 0.29) is 5.41 Å². The SMILES string of the molecule is CC(C)(C)C(CS)COc1ccccc1I. The number of halogens is 1. The molecule has 0 aromatic heterocycles. The van der Waals surface area contributed by atoms with Crippen LogP contribution in [0.3, 0.4) is 0 Å². The third kappa shape index (κ3) is 4.17. The van der Waals surface area contributed by atoms with E-state index in [4.69, 9.17) is 4.74 Å². The van der Waals surface area contributed by atoms with Crippen LogP contribution in [0.25, 0.3) is 0 Å². The van der Waals surface area contributed by atoms with Gasteiger partial charge in [-0.3, -0.25) is 0 Å². The van der Waals surface area contributed by atoms with Gasteiger partial charge in [0.05, 0.1) is 10.2 Å². The van der Waals surface area contributed by atoms with Crippen molar-refractivity contribution in [3.63, 3.8) is 0 Å². The Balaban J connectivity index is 2.60. The maximum atomic E-state index is 5.86. The van der Waals surface area contributed by atoms with Gasteiger partial charge < -0.3 is 4.74 Å². The average Bonchev–Trinajstić information content (AvgIpc) is 2.19. The molecule has 0 aliphatic rings. The molecule has 1 atom stereocenters. The van der Waals surface area contributed by atoms with Gasteiger partial charge in [-0.25, -0.2) is 0 Å². The van der Waals surface area contributed by atoms with E-state index in [1.807, 2.05) is 18.2 Å². The molecule has 0 saturated heterocycles. The average molecular weight is 350 g/mol. The molecule has 0 N–H and O–H groups in total. The molecule has 0 radical (unpaired) electrons. The molecular weight excluding hydrogens is 331 g/mol. The van der Waals surface area contributed by atoms with Crippen LogP contribution in [0.1, 0.15) is 20.8 Å². The zero-order valence-electron chi connectivity index (χ0n) is 10.0. The van der Waals surface area contributed by atoms with Crippen molar-refractivity contribution in [2.75, 3.05) is 12.4 Å². The van der Waals surface area contributed by atoms with E-state index in [0.717, 1.165) is 21.7 Å². The zero-order chi connectivity index (χ0) is 12.2. The molecule has 90 valence electrons. The molecule has 1 rings (SSSR count). The molecule has 16 heavy (non-hydrogen) atoms. The fraction of sp³-hybridized carbons (Fsp3) is 0.538. The summed E-state index contributed by atoms with van der Waals surface area (Å²) in [6, 6.07) is 8.10. The summed E-state index contributed by atoms with van der Waals surface area (Å²) in [4.78, 5) is 0. The van der Waals surface area contributed by atoms with Crippen LogP contribution in [0.2, 0.25) is 0 Å². The zero-order valence-corrected chi connectivity index (χ0v) is 13.1. The summed E-state index contributed by atoms with van der Waals surface area (Å²) in [6.45, 7) is 7.42. The lowest BCUT2D eigenvalue weighted by molar-refractivity contribution is 0.164. The molecular formula is C13H19IOS. The molecule has 0 saturated carbocycles. The smallest absolute Gasteiger partial charge is 0.132 e. The molecule has 0 aliphatic heterocycles. The second kappa shape index (κ2) is 6.15. The van der Waals surface area contributed by atoms with Crippen LogP contribution in [0.5, 0.6) is 5.75 Å². The minimum absolute atomic E-state index is 0.238. The molecule has 1 aromatic carbocycles. The predicted octanol–water partition coefficient (Wildman–Crippen LogP) is 4.26. The topological polar surface area (TPSA) is 9.23 Å². The van der Waals surface area contributed by atoms with Gasteiger partial charge in [-0.15, -0.1) is 0 Å². The highest BCUT2D eigenvalue weighted by Gasteiger charge is 2.24. The number of para-hydroxylation sites is 1. The summed E-state index contributed by atoms with van der Waals surface area (Å²) in [5, 5.41) is 0. The van der Waals surface area contributed by atoms with Gasteiger partial charge in [0.1, 0.15) is 5.75 Å². The first-order chi connectivity index (χ1) is 7.45. The monoisotopic (exact) mass is 350 g/mol. The van der Waals surface area contributed by atoms with Gasteiger partial charge in [0.2, 0.25) is 0 Å². The van der Waals surface area contributed by atoms with Crippen molar-refractivity contribution in [2.45, 2.75) is 20.8 Å².